The van der Waals surface area contributed by atoms with Gasteiger partial charge in [0, 0.05) is 24.2 Å². The van der Waals surface area contributed by atoms with Gasteiger partial charge in [-0.05, 0) is 53.4 Å². The number of nitrogens with one attached hydrogen (secondary N) is 2. The quantitative estimate of drug-likeness (QED) is 0.551. The van der Waals surface area contributed by atoms with Crippen LogP contribution in [0.2, 0.25) is 5.02 Å². The molecule has 162 valence electrons. The van der Waals surface area contributed by atoms with E-state index in [4.69, 9.17) is 21.1 Å². The summed E-state index contributed by atoms with van der Waals surface area (Å²) in [5.41, 5.74) is 1.56. The third-order valence-corrected chi connectivity index (χ3v) is 7.53. The van der Waals surface area contributed by atoms with Crippen molar-refractivity contribution in [3.63, 3.8) is 0 Å². The van der Waals surface area contributed by atoms with Gasteiger partial charge in [0.2, 0.25) is 0 Å². The molecule has 0 saturated carbocycles. The third-order valence-electron chi connectivity index (χ3n) is 4.47. The summed E-state index contributed by atoms with van der Waals surface area (Å²) in [6.45, 7) is 1.34. The van der Waals surface area contributed by atoms with Crippen molar-refractivity contribution < 1.29 is 22.7 Å². The van der Waals surface area contributed by atoms with Gasteiger partial charge >= 0.3 is 0 Å². The van der Waals surface area contributed by atoms with E-state index < -0.39 is 10.0 Å². The highest BCUT2D eigenvalue weighted by Crippen LogP contribution is 2.38. The molecule has 0 spiro atoms. The third kappa shape index (κ3) is 5.12. The molecular weight excluding hydrogens is 460 g/mol. The van der Waals surface area contributed by atoms with Crippen LogP contribution in [0, 0.1) is 0 Å². The van der Waals surface area contributed by atoms with E-state index in [1.807, 2.05) is 0 Å². The normalized spacial score (nSPS) is 13.3. The molecule has 0 atom stereocenters. The van der Waals surface area contributed by atoms with Crippen LogP contribution in [0.5, 0.6) is 11.5 Å². The molecule has 31 heavy (non-hydrogen) atoms. The number of fused-ring (bicyclic) bond motifs is 1. The number of rotatable bonds is 6. The van der Waals surface area contributed by atoms with Gasteiger partial charge in [-0.3, -0.25) is 9.52 Å². The summed E-state index contributed by atoms with van der Waals surface area (Å²) in [5.74, 6) is 0.794. The van der Waals surface area contributed by atoms with Gasteiger partial charge in [-0.15, -0.1) is 11.3 Å². The zero-order chi connectivity index (χ0) is 21.8. The highest BCUT2D eigenvalue weighted by Gasteiger charge is 2.17. The second-order valence-electron chi connectivity index (χ2n) is 6.75. The summed E-state index contributed by atoms with van der Waals surface area (Å²) in [5, 5.41) is 4.95. The summed E-state index contributed by atoms with van der Waals surface area (Å²) in [6.07, 6.45) is 0.774. The Labute approximate surface area is 189 Å². The van der Waals surface area contributed by atoms with Crippen molar-refractivity contribution in [2.45, 2.75) is 17.2 Å². The molecule has 2 heterocycles. The van der Waals surface area contributed by atoms with Gasteiger partial charge < -0.3 is 14.8 Å². The number of halogens is 1. The van der Waals surface area contributed by atoms with Crippen LogP contribution in [0.15, 0.2) is 58.1 Å². The second kappa shape index (κ2) is 9.17. The number of carbonyl (C=O) groups excluding carboxylic acids is 1. The standard InChI is InChI=1S/C21H19ClN2O5S2/c22-17-11-14(12-18-20(17)29-9-2-8-28-18)13-23-21(25)15-4-6-16(7-5-15)24-31(26,27)19-3-1-10-30-19/h1,3-7,10-12,24H,2,8-9,13H2,(H,23,25). The van der Waals surface area contributed by atoms with E-state index >= 15 is 0 Å². The van der Waals surface area contributed by atoms with Crippen molar-refractivity contribution >= 4 is 44.6 Å². The maximum absolute atomic E-state index is 12.5. The number of anilines is 1. The molecule has 3 aromatic rings. The van der Waals surface area contributed by atoms with E-state index in [9.17, 15) is 13.2 Å². The predicted molar refractivity (Wildman–Crippen MR) is 120 cm³/mol. The minimum atomic E-state index is -3.63. The Morgan fingerprint density at radius 1 is 1.10 bits per heavy atom. The summed E-state index contributed by atoms with van der Waals surface area (Å²) in [6, 6.07) is 12.9. The smallest absolute Gasteiger partial charge is 0.271 e. The maximum atomic E-state index is 12.5. The minimum absolute atomic E-state index is 0.225. The van der Waals surface area contributed by atoms with Crippen LogP contribution in [0.25, 0.3) is 0 Å². The molecule has 0 aliphatic carbocycles. The van der Waals surface area contributed by atoms with Crippen molar-refractivity contribution in [2.75, 3.05) is 17.9 Å². The van der Waals surface area contributed by atoms with Crippen LogP contribution >= 0.6 is 22.9 Å². The van der Waals surface area contributed by atoms with Crippen LogP contribution in [-0.4, -0.2) is 27.5 Å². The Morgan fingerprint density at radius 2 is 1.87 bits per heavy atom. The molecule has 1 aliphatic heterocycles. The SMILES string of the molecule is O=C(NCc1cc(Cl)c2c(c1)OCCCO2)c1ccc(NS(=O)(=O)c2cccs2)cc1. The topological polar surface area (TPSA) is 93.7 Å². The summed E-state index contributed by atoms with van der Waals surface area (Å²) in [7, 11) is -3.63. The molecule has 7 nitrogen and oxygen atoms in total. The Kier molecular flexibility index (Phi) is 6.35. The number of thiophene rings is 1. The monoisotopic (exact) mass is 478 g/mol. The van der Waals surface area contributed by atoms with Crippen molar-refractivity contribution in [3.8, 4) is 11.5 Å². The number of hydrogen-bond donors (Lipinski definition) is 2. The molecule has 4 rings (SSSR count). The van der Waals surface area contributed by atoms with Gasteiger partial charge in [0.1, 0.15) is 4.21 Å². The number of ether oxygens (including phenoxy) is 2. The Bertz CT molecular complexity index is 1180. The molecule has 1 amide bonds. The zero-order valence-electron chi connectivity index (χ0n) is 16.3. The van der Waals surface area contributed by atoms with Crippen molar-refractivity contribution in [1.29, 1.82) is 0 Å². The average Bonchev–Trinajstić information content (AvgIpc) is 3.20. The highest BCUT2D eigenvalue weighted by molar-refractivity contribution is 7.94. The van der Waals surface area contributed by atoms with E-state index in [1.54, 1.807) is 47.8 Å². The molecule has 0 radical (unpaired) electrons. The van der Waals surface area contributed by atoms with Crippen LogP contribution in [0.3, 0.4) is 0 Å². The van der Waals surface area contributed by atoms with Gasteiger partial charge in [0.25, 0.3) is 15.9 Å². The maximum Gasteiger partial charge on any atom is 0.271 e. The molecule has 2 aromatic carbocycles. The molecule has 2 N–H and O–H groups in total. The van der Waals surface area contributed by atoms with Gasteiger partial charge in [-0.25, -0.2) is 8.42 Å². The predicted octanol–water partition coefficient (Wildman–Crippen LogP) is 4.29. The van der Waals surface area contributed by atoms with Gasteiger partial charge in [0.05, 0.1) is 18.2 Å². The minimum Gasteiger partial charge on any atom is -0.489 e. The Morgan fingerprint density at radius 3 is 2.61 bits per heavy atom. The second-order valence-corrected chi connectivity index (χ2v) is 10.0. The first-order valence-corrected chi connectivity index (χ1v) is 12.2. The van der Waals surface area contributed by atoms with Crippen LogP contribution in [-0.2, 0) is 16.6 Å². The van der Waals surface area contributed by atoms with Crippen LogP contribution in [0.1, 0.15) is 22.3 Å². The Hall–Kier alpha value is -2.75. The fourth-order valence-electron chi connectivity index (χ4n) is 2.98. The first kappa shape index (κ1) is 21.5. The number of sulfonamides is 1. The summed E-state index contributed by atoms with van der Waals surface area (Å²) in [4.78, 5) is 12.5. The molecule has 0 bridgehead atoms. The summed E-state index contributed by atoms with van der Waals surface area (Å²) < 4.78 is 38.6. The molecule has 10 heteroatoms. The fourth-order valence-corrected chi connectivity index (χ4v) is 5.32. The molecule has 1 aliphatic rings. The van der Waals surface area contributed by atoms with Crippen molar-refractivity contribution in [3.05, 3.63) is 70.1 Å². The molecule has 0 unspecified atom stereocenters. The lowest BCUT2D eigenvalue weighted by molar-refractivity contribution is 0.0951. The van der Waals surface area contributed by atoms with E-state index in [-0.39, 0.29) is 16.7 Å². The lowest BCUT2D eigenvalue weighted by Crippen LogP contribution is -2.22. The van der Waals surface area contributed by atoms with Crippen molar-refractivity contribution in [1.82, 2.24) is 5.32 Å². The molecule has 0 fully saturated rings. The van der Waals surface area contributed by atoms with E-state index in [0.717, 1.165) is 23.3 Å². The number of amides is 1. The summed E-state index contributed by atoms with van der Waals surface area (Å²) >= 11 is 7.42. The lowest BCUT2D eigenvalue weighted by atomic mass is 10.1. The van der Waals surface area contributed by atoms with Crippen molar-refractivity contribution in [2.24, 2.45) is 0 Å². The van der Waals surface area contributed by atoms with Gasteiger partial charge in [-0.1, -0.05) is 17.7 Å². The zero-order valence-corrected chi connectivity index (χ0v) is 18.6. The fraction of sp³-hybridized carbons (Fsp3) is 0.190. The van der Waals surface area contributed by atoms with Gasteiger partial charge in [-0.2, -0.15) is 0 Å². The number of carbonyl (C=O) groups is 1. The number of hydrogen-bond acceptors (Lipinski definition) is 6. The number of benzene rings is 2. The van der Waals surface area contributed by atoms with Crippen LogP contribution < -0.4 is 19.5 Å². The first-order valence-electron chi connectivity index (χ1n) is 9.45. The highest BCUT2D eigenvalue weighted by atomic mass is 35.5. The molecule has 0 saturated heterocycles. The molecular formula is C21H19ClN2O5S2. The van der Waals surface area contributed by atoms with E-state index in [0.29, 0.717) is 41.0 Å². The average molecular weight is 479 g/mol. The van der Waals surface area contributed by atoms with E-state index in [1.165, 1.54) is 6.07 Å². The lowest BCUT2D eigenvalue weighted by Gasteiger charge is -2.12. The van der Waals surface area contributed by atoms with E-state index in [2.05, 4.69) is 10.0 Å². The first-order chi connectivity index (χ1) is 14.9. The largest absolute Gasteiger partial charge is 0.489 e. The Balaban J connectivity index is 1.39. The van der Waals surface area contributed by atoms with Gasteiger partial charge in [0.15, 0.2) is 11.5 Å². The molecule has 1 aromatic heterocycles. The van der Waals surface area contributed by atoms with Crippen LogP contribution in [0.4, 0.5) is 5.69 Å².